The van der Waals surface area contributed by atoms with Gasteiger partial charge >= 0.3 is 11.9 Å². The highest BCUT2D eigenvalue weighted by Crippen LogP contribution is 2.29. The number of aliphatic carboxylic acids is 1. The SMILES string of the molecule is O=C(O)c1ccc(Cl)c(NC(=O)[C@@H]2CC=CC[C@@H]2C(=O)O)c1. The molecule has 1 amide bonds. The Morgan fingerprint density at radius 1 is 1.09 bits per heavy atom. The molecule has 0 aromatic heterocycles. The van der Waals surface area contributed by atoms with Crippen LogP contribution in [-0.2, 0) is 9.59 Å². The lowest BCUT2D eigenvalue weighted by molar-refractivity contribution is -0.146. The second-order valence-electron chi connectivity index (χ2n) is 4.98. The quantitative estimate of drug-likeness (QED) is 0.739. The molecule has 0 saturated carbocycles. The van der Waals surface area contributed by atoms with Gasteiger partial charge in [0.25, 0.3) is 0 Å². The molecule has 1 aromatic carbocycles. The van der Waals surface area contributed by atoms with Crippen LogP contribution in [0.5, 0.6) is 0 Å². The molecule has 2 atom stereocenters. The molecule has 1 aromatic rings. The van der Waals surface area contributed by atoms with E-state index in [1.165, 1.54) is 18.2 Å². The van der Waals surface area contributed by atoms with Crippen molar-refractivity contribution in [2.75, 3.05) is 5.32 Å². The number of carboxylic acids is 2. The molecule has 0 fully saturated rings. The van der Waals surface area contributed by atoms with Gasteiger partial charge in [0.2, 0.25) is 5.91 Å². The van der Waals surface area contributed by atoms with Crippen LogP contribution in [0.3, 0.4) is 0 Å². The van der Waals surface area contributed by atoms with Gasteiger partial charge in [-0.25, -0.2) is 4.79 Å². The molecule has 6 nitrogen and oxygen atoms in total. The summed E-state index contributed by atoms with van der Waals surface area (Å²) in [5, 5.41) is 20.9. The Bertz CT molecular complexity index is 655. The first-order valence-corrected chi connectivity index (χ1v) is 6.99. The fraction of sp³-hybridized carbons (Fsp3) is 0.267. The molecular weight excluding hydrogens is 310 g/mol. The summed E-state index contributed by atoms with van der Waals surface area (Å²) < 4.78 is 0. The van der Waals surface area contributed by atoms with Gasteiger partial charge in [-0.3, -0.25) is 9.59 Å². The van der Waals surface area contributed by atoms with Crippen molar-refractivity contribution < 1.29 is 24.6 Å². The standard InChI is InChI=1S/C15H14ClNO5/c16-11-6-5-8(14(19)20)7-12(11)17-13(18)9-3-1-2-4-10(9)15(21)22/h1-2,5-7,9-10H,3-4H2,(H,17,18)(H,19,20)(H,21,22)/t9-,10+/m1/s1. The van der Waals surface area contributed by atoms with Crippen LogP contribution in [0.1, 0.15) is 23.2 Å². The van der Waals surface area contributed by atoms with E-state index in [9.17, 15) is 19.5 Å². The van der Waals surface area contributed by atoms with Gasteiger partial charge in [0.1, 0.15) is 0 Å². The number of carboxylic acid groups (broad SMARTS) is 2. The lowest BCUT2D eigenvalue weighted by atomic mass is 9.82. The number of halogens is 1. The van der Waals surface area contributed by atoms with E-state index >= 15 is 0 Å². The predicted molar refractivity (Wildman–Crippen MR) is 80.0 cm³/mol. The van der Waals surface area contributed by atoms with E-state index < -0.39 is 29.7 Å². The van der Waals surface area contributed by atoms with E-state index in [-0.39, 0.29) is 22.7 Å². The van der Waals surface area contributed by atoms with E-state index in [2.05, 4.69) is 5.32 Å². The molecule has 0 radical (unpaired) electrons. The maximum absolute atomic E-state index is 12.3. The van der Waals surface area contributed by atoms with Crippen molar-refractivity contribution in [2.45, 2.75) is 12.8 Å². The molecular formula is C15H14ClNO5. The number of allylic oxidation sites excluding steroid dienone is 2. The van der Waals surface area contributed by atoms with Crippen LogP contribution in [0.25, 0.3) is 0 Å². The average molecular weight is 324 g/mol. The Hall–Kier alpha value is -2.34. The van der Waals surface area contributed by atoms with Gasteiger partial charge in [-0.1, -0.05) is 23.8 Å². The number of rotatable bonds is 4. The van der Waals surface area contributed by atoms with E-state index in [4.69, 9.17) is 16.7 Å². The molecule has 1 aliphatic rings. The molecule has 0 heterocycles. The minimum Gasteiger partial charge on any atom is -0.481 e. The van der Waals surface area contributed by atoms with Crippen LogP contribution in [0.2, 0.25) is 5.02 Å². The van der Waals surface area contributed by atoms with Crippen LogP contribution in [0, 0.1) is 11.8 Å². The zero-order valence-electron chi connectivity index (χ0n) is 11.5. The first kappa shape index (κ1) is 16.0. The minimum atomic E-state index is -1.14. The Labute approximate surface area is 131 Å². The fourth-order valence-electron chi connectivity index (χ4n) is 2.36. The monoisotopic (exact) mass is 323 g/mol. The van der Waals surface area contributed by atoms with Crippen LogP contribution in [0.4, 0.5) is 5.69 Å². The topological polar surface area (TPSA) is 104 Å². The van der Waals surface area contributed by atoms with Gasteiger partial charge < -0.3 is 15.5 Å². The Morgan fingerprint density at radius 2 is 1.73 bits per heavy atom. The number of hydrogen-bond acceptors (Lipinski definition) is 3. The molecule has 0 saturated heterocycles. The smallest absolute Gasteiger partial charge is 0.335 e. The molecule has 7 heteroatoms. The molecule has 2 rings (SSSR count). The fourth-order valence-corrected chi connectivity index (χ4v) is 2.52. The van der Waals surface area contributed by atoms with Crippen molar-refractivity contribution in [3.05, 3.63) is 40.9 Å². The highest BCUT2D eigenvalue weighted by Gasteiger charge is 2.34. The third-order valence-corrected chi connectivity index (χ3v) is 3.89. The van der Waals surface area contributed by atoms with E-state index in [1.807, 2.05) is 0 Å². The Morgan fingerprint density at radius 3 is 2.32 bits per heavy atom. The summed E-state index contributed by atoms with van der Waals surface area (Å²) in [6.45, 7) is 0. The van der Waals surface area contributed by atoms with Crippen molar-refractivity contribution in [3.8, 4) is 0 Å². The van der Waals surface area contributed by atoms with E-state index in [0.29, 0.717) is 6.42 Å². The molecule has 0 bridgehead atoms. The van der Waals surface area contributed by atoms with Crippen molar-refractivity contribution in [3.63, 3.8) is 0 Å². The Balaban J connectivity index is 2.21. The number of aromatic carboxylic acids is 1. The highest BCUT2D eigenvalue weighted by molar-refractivity contribution is 6.33. The second-order valence-corrected chi connectivity index (χ2v) is 5.39. The molecule has 0 unspecified atom stereocenters. The summed E-state index contributed by atoms with van der Waals surface area (Å²) >= 11 is 5.94. The van der Waals surface area contributed by atoms with Crippen LogP contribution >= 0.6 is 11.6 Å². The predicted octanol–water partition coefficient (Wildman–Crippen LogP) is 2.64. The minimum absolute atomic E-state index is 0.0157. The third kappa shape index (κ3) is 3.46. The number of hydrogen-bond donors (Lipinski definition) is 3. The van der Waals surface area contributed by atoms with Crippen molar-refractivity contribution in [1.82, 2.24) is 0 Å². The van der Waals surface area contributed by atoms with Gasteiger partial charge in [-0.15, -0.1) is 0 Å². The van der Waals surface area contributed by atoms with Gasteiger partial charge in [0.05, 0.1) is 28.1 Å². The summed E-state index contributed by atoms with van der Waals surface area (Å²) in [5.74, 6) is -4.18. The number of carbonyl (C=O) groups excluding carboxylic acids is 1. The van der Waals surface area contributed by atoms with Crippen molar-refractivity contribution in [2.24, 2.45) is 11.8 Å². The van der Waals surface area contributed by atoms with Crippen molar-refractivity contribution >= 4 is 35.1 Å². The van der Waals surface area contributed by atoms with Gasteiger partial charge in [0, 0.05) is 0 Å². The number of anilines is 1. The normalized spacial score (nSPS) is 20.4. The number of benzene rings is 1. The molecule has 22 heavy (non-hydrogen) atoms. The number of amides is 1. The van der Waals surface area contributed by atoms with Crippen LogP contribution < -0.4 is 5.32 Å². The summed E-state index contributed by atoms with van der Waals surface area (Å²) in [6.07, 6.45) is 4.11. The molecule has 3 N–H and O–H groups in total. The molecule has 1 aliphatic carbocycles. The second kappa shape index (κ2) is 6.62. The van der Waals surface area contributed by atoms with E-state index in [0.717, 1.165) is 0 Å². The maximum atomic E-state index is 12.3. The lowest BCUT2D eigenvalue weighted by Gasteiger charge is -2.24. The van der Waals surface area contributed by atoms with Crippen molar-refractivity contribution in [1.29, 1.82) is 0 Å². The summed E-state index contributed by atoms with van der Waals surface area (Å²) in [7, 11) is 0. The lowest BCUT2D eigenvalue weighted by Crippen LogP contribution is -2.34. The number of carbonyl (C=O) groups is 3. The Kier molecular flexibility index (Phi) is 4.82. The zero-order chi connectivity index (χ0) is 16.3. The molecule has 116 valence electrons. The summed E-state index contributed by atoms with van der Waals surface area (Å²) in [5.41, 5.74) is 0.142. The van der Waals surface area contributed by atoms with Gasteiger partial charge in [-0.05, 0) is 31.0 Å². The molecule has 0 aliphatic heterocycles. The number of nitrogens with one attached hydrogen (secondary N) is 1. The summed E-state index contributed by atoms with van der Waals surface area (Å²) in [4.78, 5) is 34.5. The zero-order valence-corrected chi connectivity index (χ0v) is 12.2. The molecule has 0 spiro atoms. The first-order valence-electron chi connectivity index (χ1n) is 6.61. The van der Waals surface area contributed by atoms with Crippen LogP contribution in [-0.4, -0.2) is 28.1 Å². The van der Waals surface area contributed by atoms with Crippen LogP contribution in [0.15, 0.2) is 30.4 Å². The van der Waals surface area contributed by atoms with Gasteiger partial charge in [0.15, 0.2) is 0 Å². The summed E-state index contributed by atoms with van der Waals surface area (Å²) in [6, 6.07) is 3.94. The third-order valence-electron chi connectivity index (χ3n) is 3.56. The largest absolute Gasteiger partial charge is 0.481 e. The van der Waals surface area contributed by atoms with E-state index in [1.54, 1.807) is 12.2 Å². The van der Waals surface area contributed by atoms with Gasteiger partial charge in [-0.2, -0.15) is 0 Å². The first-order chi connectivity index (χ1) is 10.4. The maximum Gasteiger partial charge on any atom is 0.335 e. The highest BCUT2D eigenvalue weighted by atomic mass is 35.5. The average Bonchev–Trinajstić information content (AvgIpc) is 2.49.